The highest BCUT2D eigenvalue weighted by atomic mass is 32.2. The second-order valence-electron chi connectivity index (χ2n) is 8.20. The Morgan fingerprint density at radius 1 is 0.686 bits per heavy atom. The zero-order valence-electron chi connectivity index (χ0n) is 19.3. The van der Waals surface area contributed by atoms with Crippen molar-refractivity contribution in [1.29, 1.82) is 0 Å². The molecule has 0 fully saturated rings. The molecule has 0 radical (unpaired) electrons. The van der Waals surface area contributed by atoms with E-state index in [1.165, 1.54) is 18.2 Å². The summed E-state index contributed by atoms with van der Waals surface area (Å²) in [7, 11) is -3.81. The van der Waals surface area contributed by atoms with Crippen LogP contribution in [0, 0.1) is 13.8 Å². The van der Waals surface area contributed by atoms with E-state index in [2.05, 4.69) is 10.0 Å². The number of amides is 1. The molecule has 0 atom stereocenters. The molecule has 0 unspecified atom stereocenters. The van der Waals surface area contributed by atoms with Gasteiger partial charge in [-0.05, 0) is 56.3 Å². The summed E-state index contributed by atoms with van der Waals surface area (Å²) in [6.45, 7) is 3.75. The maximum atomic E-state index is 13.1. The Morgan fingerprint density at radius 2 is 1.34 bits per heavy atom. The largest absolute Gasteiger partial charge is 0.321 e. The number of aryl methyl sites for hydroxylation is 2. The zero-order chi connectivity index (χ0) is 25.0. The van der Waals surface area contributed by atoms with Gasteiger partial charge in [0.1, 0.15) is 0 Å². The minimum atomic E-state index is -3.81. The van der Waals surface area contributed by atoms with E-state index in [1.807, 2.05) is 26.0 Å². The first kappa shape index (κ1) is 23.9. The first-order chi connectivity index (χ1) is 16.7. The second kappa shape index (κ2) is 9.95. The molecule has 0 aliphatic carbocycles. The molecule has 7 heteroatoms. The number of sulfonamides is 1. The lowest BCUT2D eigenvalue weighted by Crippen LogP contribution is -2.17. The third-order valence-electron chi connectivity index (χ3n) is 5.41. The molecular weight excluding hydrogens is 460 g/mol. The van der Waals surface area contributed by atoms with Crippen molar-refractivity contribution in [2.24, 2.45) is 0 Å². The predicted molar refractivity (Wildman–Crippen MR) is 137 cm³/mol. The molecule has 0 bridgehead atoms. The average Bonchev–Trinajstić information content (AvgIpc) is 2.85. The zero-order valence-corrected chi connectivity index (χ0v) is 20.1. The van der Waals surface area contributed by atoms with E-state index < -0.39 is 15.9 Å². The number of ketones is 1. The molecule has 0 aromatic heterocycles. The van der Waals surface area contributed by atoms with Crippen LogP contribution < -0.4 is 10.0 Å². The van der Waals surface area contributed by atoms with Crippen LogP contribution in [0.15, 0.2) is 102 Å². The molecule has 2 N–H and O–H groups in total. The van der Waals surface area contributed by atoms with Gasteiger partial charge >= 0.3 is 0 Å². The first-order valence-electron chi connectivity index (χ1n) is 10.9. The number of anilines is 2. The van der Waals surface area contributed by atoms with Crippen LogP contribution in [0.2, 0.25) is 0 Å². The summed E-state index contributed by atoms with van der Waals surface area (Å²) in [6.07, 6.45) is 0. The lowest BCUT2D eigenvalue weighted by atomic mass is 9.99. The van der Waals surface area contributed by atoms with E-state index in [1.54, 1.807) is 66.7 Å². The van der Waals surface area contributed by atoms with E-state index in [-0.39, 0.29) is 21.9 Å². The van der Waals surface area contributed by atoms with Crippen LogP contribution in [-0.4, -0.2) is 20.1 Å². The summed E-state index contributed by atoms with van der Waals surface area (Å²) in [5, 5.41) is 2.80. The molecule has 6 nitrogen and oxygen atoms in total. The minimum absolute atomic E-state index is 0.127. The number of benzene rings is 4. The fourth-order valence-electron chi connectivity index (χ4n) is 3.55. The lowest BCUT2D eigenvalue weighted by molar-refractivity contribution is 0.102. The molecule has 35 heavy (non-hydrogen) atoms. The van der Waals surface area contributed by atoms with Gasteiger partial charge in [-0.1, -0.05) is 65.7 Å². The van der Waals surface area contributed by atoms with Crippen LogP contribution in [-0.2, 0) is 10.0 Å². The Labute approximate surface area is 204 Å². The van der Waals surface area contributed by atoms with E-state index in [0.717, 1.165) is 11.1 Å². The average molecular weight is 485 g/mol. The van der Waals surface area contributed by atoms with Crippen LogP contribution in [0.25, 0.3) is 0 Å². The van der Waals surface area contributed by atoms with E-state index in [4.69, 9.17) is 0 Å². The Balaban J connectivity index is 1.57. The van der Waals surface area contributed by atoms with Crippen molar-refractivity contribution < 1.29 is 18.0 Å². The van der Waals surface area contributed by atoms with Gasteiger partial charge in [0.05, 0.1) is 10.6 Å². The standard InChI is InChI=1S/C28H24N2O4S/c1-19-11-14-24(15-12-19)35(33,34)30-23-10-6-9-22(18-23)28(32)29-26-16-13-20(2)17-25(26)27(31)21-7-4-3-5-8-21/h3-18,30H,1-2H3,(H,29,32). The van der Waals surface area contributed by atoms with Gasteiger partial charge in [-0.2, -0.15) is 0 Å². The summed E-state index contributed by atoms with van der Waals surface area (Å²) < 4.78 is 28.0. The van der Waals surface area contributed by atoms with Crippen LogP contribution in [0.5, 0.6) is 0 Å². The molecule has 0 saturated carbocycles. The van der Waals surface area contributed by atoms with Crippen LogP contribution in [0.4, 0.5) is 11.4 Å². The van der Waals surface area contributed by atoms with Gasteiger partial charge in [-0.25, -0.2) is 8.42 Å². The maximum Gasteiger partial charge on any atom is 0.261 e. The molecule has 0 aliphatic heterocycles. The van der Waals surface area contributed by atoms with Crippen molar-refractivity contribution in [3.63, 3.8) is 0 Å². The molecule has 0 spiro atoms. The molecule has 0 aliphatic rings. The minimum Gasteiger partial charge on any atom is -0.321 e. The van der Waals surface area contributed by atoms with Gasteiger partial charge in [0.2, 0.25) is 0 Å². The fourth-order valence-corrected chi connectivity index (χ4v) is 4.60. The molecule has 176 valence electrons. The van der Waals surface area contributed by atoms with Crippen LogP contribution in [0.3, 0.4) is 0 Å². The lowest BCUT2D eigenvalue weighted by Gasteiger charge is -2.13. The van der Waals surface area contributed by atoms with Crippen molar-refractivity contribution in [1.82, 2.24) is 0 Å². The van der Waals surface area contributed by atoms with Gasteiger partial charge in [0.25, 0.3) is 15.9 Å². The Kier molecular flexibility index (Phi) is 6.80. The number of rotatable bonds is 7. The predicted octanol–water partition coefficient (Wildman–Crippen LogP) is 5.59. The number of carbonyl (C=O) groups is 2. The molecule has 4 aromatic carbocycles. The first-order valence-corrected chi connectivity index (χ1v) is 12.4. The quantitative estimate of drug-likeness (QED) is 0.335. The fraction of sp³-hybridized carbons (Fsp3) is 0.0714. The smallest absolute Gasteiger partial charge is 0.261 e. The highest BCUT2D eigenvalue weighted by Gasteiger charge is 2.18. The number of nitrogens with one attached hydrogen (secondary N) is 2. The molecule has 0 saturated heterocycles. The number of carbonyl (C=O) groups excluding carboxylic acids is 2. The highest BCUT2D eigenvalue weighted by molar-refractivity contribution is 7.92. The Hall–Kier alpha value is -4.23. The third kappa shape index (κ3) is 5.65. The van der Waals surface area contributed by atoms with Gasteiger partial charge in [-0.3, -0.25) is 14.3 Å². The highest BCUT2D eigenvalue weighted by Crippen LogP contribution is 2.23. The maximum absolute atomic E-state index is 13.1. The van der Waals surface area contributed by atoms with Crippen LogP contribution >= 0.6 is 0 Å². The second-order valence-corrected chi connectivity index (χ2v) is 9.88. The van der Waals surface area contributed by atoms with Crippen molar-refractivity contribution in [3.05, 3.63) is 125 Å². The monoisotopic (exact) mass is 484 g/mol. The molecule has 4 rings (SSSR count). The molecule has 0 heterocycles. The van der Waals surface area contributed by atoms with Crippen molar-refractivity contribution in [2.45, 2.75) is 18.7 Å². The summed E-state index contributed by atoms with van der Waals surface area (Å²) in [6, 6.07) is 26.7. The van der Waals surface area contributed by atoms with Crippen molar-refractivity contribution >= 4 is 33.1 Å². The van der Waals surface area contributed by atoms with E-state index >= 15 is 0 Å². The Bertz CT molecular complexity index is 1500. The van der Waals surface area contributed by atoms with Gasteiger partial charge in [0.15, 0.2) is 5.78 Å². The third-order valence-corrected chi connectivity index (χ3v) is 6.81. The SMILES string of the molecule is Cc1ccc(S(=O)(=O)Nc2cccc(C(=O)Nc3ccc(C)cc3C(=O)c3ccccc3)c2)cc1. The van der Waals surface area contributed by atoms with Crippen molar-refractivity contribution in [3.8, 4) is 0 Å². The van der Waals surface area contributed by atoms with Crippen molar-refractivity contribution in [2.75, 3.05) is 10.0 Å². The van der Waals surface area contributed by atoms with Gasteiger partial charge in [0, 0.05) is 22.4 Å². The van der Waals surface area contributed by atoms with Crippen LogP contribution in [0.1, 0.15) is 37.4 Å². The van der Waals surface area contributed by atoms with E-state index in [9.17, 15) is 18.0 Å². The van der Waals surface area contributed by atoms with E-state index in [0.29, 0.717) is 16.8 Å². The summed E-state index contributed by atoms with van der Waals surface area (Å²) in [5.41, 5.74) is 3.59. The van der Waals surface area contributed by atoms with Gasteiger partial charge in [-0.15, -0.1) is 0 Å². The number of hydrogen-bond donors (Lipinski definition) is 2. The molecular formula is C28H24N2O4S. The summed E-state index contributed by atoms with van der Waals surface area (Å²) >= 11 is 0. The summed E-state index contributed by atoms with van der Waals surface area (Å²) in [4.78, 5) is 26.2. The Morgan fingerprint density at radius 3 is 2.06 bits per heavy atom. The van der Waals surface area contributed by atoms with Gasteiger partial charge < -0.3 is 5.32 Å². The number of hydrogen-bond acceptors (Lipinski definition) is 4. The topological polar surface area (TPSA) is 92.3 Å². The molecule has 4 aromatic rings. The molecule has 1 amide bonds. The summed E-state index contributed by atoms with van der Waals surface area (Å²) in [5.74, 6) is -0.670. The normalized spacial score (nSPS) is 11.0.